The second kappa shape index (κ2) is 7.05. The fraction of sp³-hybridized carbons (Fsp3) is 0.750. The highest BCUT2D eigenvalue weighted by molar-refractivity contribution is 5.81. The van der Waals surface area contributed by atoms with Gasteiger partial charge < -0.3 is 15.2 Å². The SMILES string of the molecule is CCC1CC1C(=O)NCC1(CCNC(=O)Cc2cc(C3CC3)on2)CC1. The minimum atomic E-state index is -0.00995. The summed E-state index contributed by atoms with van der Waals surface area (Å²) in [5, 5.41) is 10.1. The first-order valence-electron chi connectivity index (χ1n) is 10.1. The van der Waals surface area contributed by atoms with Gasteiger partial charge in [-0.15, -0.1) is 0 Å². The van der Waals surface area contributed by atoms with E-state index in [4.69, 9.17) is 4.52 Å². The van der Waals surface area contributed by atoms with Crippen LogP contribution in [-0.4, -0.2) is 30.1 Å². The van der Waals surface area contributed by atoms with Crippen molar-refractivity contribution in [1.82, 2.24) is 15.8 Å². The maximum Gasteiger partial charge on any atom is 0.226 e. The molecule has 3 aliphatic rings. The van der Waals surface area contributed by atoms with E-state index >= 15 is 0 Å². The van der Waals surface area contributed by atoms with E-state index in [1.807, 2.05) is 6.07 Å². The Kier molecular flexibility index (Phi) is 4.76. The van der Waals surface area contributed by atoms with Crippen molar-refractivity contribution in [3.05, 3.63) is 17.5 Å². The van der Waals surface area contributed by atoms with E-state index in [0.29, 0.717) is 24.1 Å². The van der Waals surface area contributed by atoms with Crippen molar-refractivity contribution >= 4 is 11.8 Å². The van der Waals surface area contributed by atoms with E-state index in [2.05, 4.69) is 22.7 Å². The Morgan fingerprint density at radius 2 is 2.12 bits per heavy atom. The summed E-state index contributed by atoms with van der Waals surface area (Å²) in [4.78, 5) is 24.2. The molecular weight excluding hydrogens is 330 g/mol. The van der Waals surface area contributed by atoms with Crippen molar-refractivity contribution in [3.8, 4) is 0 Å². The minimum Gasteiger partial charge on any atom is -0.361 e. The van der Waals surface area contributed by atoms with Crippen molar-refractivity contribution in [2.45, 2.75) is 64.2 Å². The Labute approximate surface area is 154 Å². The first-order valence-corrected chi connectivity index (χ1v) is 10.1. The number of rotatable bonds is 10. The highest BCUT2D eigenvalue weighted by Crippen LogP contribution is 2.48. The van der Waals surface area contributed by atoms with Gasteiger partial charge in [-0.1, -0.05) is 18.5 Å². The van der Waals surface area contributed by atoms with Gasteiger partial charge in [0.05, 0.1) is 12.1 Å². The predicted octanol–water partition coefficient (Wildman–Crippen LogP) is 2.54. The number of nitrogens with zero attached hydrogens (tertiary/aromatic N) is 1. The van der Waals surface area contributed by atoms with Gasteiger partial charge in [0.15, 0.2) is 0 Å². The van der Waals surface area contributed by atoms with Crippen LogP contribution < -0.4 is 10.6 Å². The molecule has 2 atom stereocenters. The molecule has 1 aromatic rings. The zero-order valence-electron chi connectivity index (χ0n) is 15.6. The van der Waals surface area contributed by atoms with Crippen molar-refractivity contribution in [1.29, 1.82) is 0 Å². The molecule has 6 nitrogen and oxygen atoms in total. The molecule has 3 fully saturated rings. The molecular formula is C20H29N3O3. The molecule has 1 aromatic heterocycles. The van der Waals surface area contributed by atoms with Gasteiger partial charge in [0.25, 0.3) is 0 Å². The first kappa shape index (κ1) is 17.6. The van der Waals surface area contributed by atoms with Crippen molar-refractivity contribution < 1.29 is 14.1 Å². The fourth-order valence-electron chi connectivity index (χ4n) is 3.78. The van der Waals surface area contributed by atoms with Crippen LogP contribution >= 0.6 is 0 Å². The van der Waals surface area contributed by atoms with Gasteiger partial charge in [0.1, 0.15) is 5.76 Å². The largest absolute Gasteiger partial charge is 0.361 e. The molecule has 2 unspecified atom stereocenters. The number of hydrogen-bond donors (Lipinski definition) is 2. The summed E-state index contributed by atoms with van der Waals surface area (Å²) < 4.78 is 5.28. The normalized spacial score (nSPS) is 25.6. The van der Waals surface area contributed by atoms with Gasteiger partial charge in [-0.2, -0.15) is 0 Å². The third-order valence-electron chi connectivity index (χ3n) is 6.25. The zero-order valence-corrected chi connectivity index (χ0v) is 15.6. The highest BCUT2D eigenvalue weighted by Gasteiger charge is 2.45. The molecule has 4 rings (SSSR count). The molecule has 0 saturated heterocycles. The van der Waals surface area contributed by atoms with E-state index in [-0.39, 0.29) is 29.6 Å². The van der Waals surface area contributed by atoms with E-state index in [9.17, 15) is 9.59 Å². The molecule has 0 bridgehead atoms. The Hall–Kier alpha value is -1.85. The summed E-state index contributed by atoms with van der Waals surface area (Å²) in [6.07, 6.45) is 7.96. The average Bonchev–Trinajstić information content (AvgIpc) is 3.50. The van der Waals surface area contributed by atoms with Crippen molar-refractivity contribution in [2.24, 2.45) is 17.3 Å². The Balaban J connectivity index is 1.13. The van der Waals surface area contributed by atoms with Crippen LogP contribution in [0, 0.1) is 17.3 Å². The van der Waals surface area contributed by atoms with Crippen molar-refractivity contribution in [2.75, 3.05) is 13.1 Å². The van der Waals surface area contributed by atoms with Gasteiger partial charge in [-0.05, 0) is 49.9 Å². The highest BCUT2D eigenvalue weighted by atomic mass is 16.5. The Morgan fingerprint density at radius 1 is 1.31 bits per heavy atom. The van der Waals surface area contributed by atoms with Crippen LogP contribution in [-0.2, 0) is 16.0 Å². The van der Waals surface area contributed by atoms with E-state index in [1.54, 1.807) is 0 Å². The lowest BCUT2D eigenvalue weighted by Gasteiger charge is -2.16. The maximum atomic E-state index is 12.1. The molecule has 2 amide bonds. The fourth-order valence-corrected chi connectivity index (χ4v) is 3.78. The molecule has 3 saturated carbocycles. The van der Waals surface area contributed by atoms with Gasteiger partial charge in [0, 0.05) is 31.0 Å². The lowest BCUT2D eigenvalue weighted by Crippen LogP contribution is -2.34. The Bertz CT molecular complexity index is 676. The van der Waals surface area contributed by atoms with Gasteiger partial charge >= 0.3 is 0 Å². The number of carbonyl (C=O) groups excluding carboxylic acids is 2. The summed E-state index contributed by atoms with van der Waals surface area (Å²) in [6, 6.07) is 1.91. The summed E-state index contributed by atoms with van der Waals surface area (Å²) >= 11 is 0. The molecule has 6 heteroatoms. The van der Waals surface area contributed by atoms with Crippen LogP contribution in [0.25, 0.3) is 0 Å². The van der Waals surface area contributed by atoms with E-state index in [0.717, 1.165) is 44.4 Å². The lowest BCUT2D eigenvalue weighted by atomic mass is 10.0. The summed E-state index contributed by atoms with van der Waals surface area (Å²) in [5.41, 5.74) is 0.916. The van der Waals surface area contributed by atoms with Crippen LogP contribution in [0.2, 0.25) is 0 Å². The summed E-state index contributed by atoms with van der Waals surface area (Å²) in [5.74, 6) is 2.50. The first-order chi connectivity index (χ1) is 12.6. The third-order valence-corrected chi connectivity index (χ3v) is 6.25. The smallest absolute Gasteiger partial charge is 0.226 e. The monoisotopic (exact) mass is 359 g/mol. The quantitative estimate of drug-likeness (QED) is 0.672. The van der Waals surface area contributed by atoms with Crippen LogP contribution in [0.5, 0.6) is 0 Å². The number of carbonyl (C=O) groups is 2. The third kappa shape index (κ3) is 4.27. The maximum absolute atomic E-state index is 12.1. The molecule has 0 aliphatic heterocycles. The molecule has 1 heterocycles. The number of nitrogens with one attached hydrogen (secondary N) is 2. The standard InChI is InChI=1S/C20H29N3O3/c1-2-13-9-16(13)19(25)22-12-20(5-6-20)7-8-21-18(24)11-15-10-17(26-23-15)14-3-4-14/h10,13-14,16H,2-9,11-12H2,1H3,(H,21,24)(H,22,25). The second-order valence-electron chi connectivity index (χ2n) is 8.50. The average molecular weight is 359 g/mol. The second-order valence-corrected chi connectivity index (χ2v) is 8.50. The molecule has 2 N–H and O–H groups in total. The molecule has 0 aromatic carbocycles. The van der Waals surface area contributed by atoms with E-state index < -0.39 is 0 Å². The van der Waals surface area contributed by atoms with Crippen LogP contribution in [0.3, 0.4) is 0 Å². The molecule has 0 spiro atoms. The predicted molar refractivity (Wildman–Crippen MR) is 96.4 cm³/mol. The lowest BCUT2D eigenvalue weighted by molar-refractivity contribution is -0.123. The van der Waals surface area contributed by atoms with Crippen LogP contribution in [0.4, 0.5) is 0 Å². The molecule has 26 heavy (non-hydrogen) atoms. The number of hydrogen-bond acceptors (Lipinski definition) is 4. The molecule has 0 radical (unpaired) electrons. The van der Waals surface area contributed by atoms with Crippen molar-refractivity contribution in [3.63, 3.8) is 0 Å². The Morgan fingerprint density at radius 3 is 2.77 bits per heavy atom. The van der Waals surface area contributed by atoms with Gasteiger partial charge in [0.2, 0.25) is 11.8 Å². The van der Waals surface area contributed by atoms with E-state index in [1.165, 1.54) is 12.8 Å². The minimum absolute atomic E-state index is 0.00995. The van der Waals surface area contributed by atoms with Crippen LogP contribution in [0.1, 0.15) is 69.2 Å². The number of amides is 2. The summed E-state index contributed by atoms with van der Waals surface area (Å²) in [6.45, 7) is 3.56. The molecule has 142 valence electrons. The summed E-state index contributed by atoms with van der Waals surface area (Å²) in [7, 11) is 0. The number of aromatic nitrogens is 1. The molecule has 3 aliphatic carbocycles. The van der Waals surface area contributed by atoms with Gasteiger partial charge in [-0.3, -0.25) is 9.59 Å². The van der Waals surface area contributed by atoms with Gasteiger partial charge in [-0.25, -0.2) is 0 Å². The van der Waals surface area contributed by atoms with Crippen LogP contribution in [0.15, 0.2) is 10.6 Å². The topological polar surface area (TPSA) is 84.2 Å². The zero-order chi connectivity index (χ0) is 18.1.